The minimum absolute atomic E-state index is 0.221. The number of nitrogens with zero attached hydrogens (tertiary/aromatic N) is 1. The number of hydrogen-bond acceptors (Lipinski definition) is 4. The van der Waals surface area contributed by atoms with E-state index in [1.165, 1.54) is 6.20 Å². The summed E-state index contributed by atoms with van der Waals surface area (Å²) in [5.74, 6) is -0.396. The molecule has 0 amide bonds. The van der Waals surface area contributed by atoms with Gasteiger partial charge in [-0.05, 0) is 12.1 Å². The van der Waals surface area contributed by atoms with Gasteiger partial charge in [0, 0.05) is 18.3 Å². The molecule has 0 aliphatic heterocycles. The highest BCUT2D eigenvalue weighted by molar-refractivity contribution is 5.89. The molecular formula is C14H14N2O2. The molecule has 0 atom stereocenters. The van der Waals surface area contributed by atoms with Crippen molar-refractivity contribution < 1.29 is 9.53 Å². The fourth-order valence-electron chi connectivity index (χ4n) is 1.53. The number of benzene rings is 1. The molecule has 0 bridgehead atoms. The SMILES string of the molecule is NCCOC(=O)c1ccc(-c2ccccc2)nc1. The van der Waals surface area contributed by atoms with E-state index in [4.69, 9.17) is 10.5 Å². The van der Waals surface area contributed by atoms with E-state index in [0.717, 1.165) is 11.3 Å². The number of pyridine rings is 1. The second kappa shape index (κ2) is 5.93. The first-order valence-electron chi connectivity index (χ1n) is 5.70. The molecule has 0 saturated heterocycles. The third-order valence-electron chi connectivity index (χ3n) is 2.42. The van der Waals surface area contributed by atoms with Gasteiger partial charge in [0.05, 0.1) is 11.3 Å². The number of carbonyl (C=O) groups excluding carboxylic acids is 1. The molecule has 1 heterocycles. The van der Waals surface area contributed by atoms with E-state index in [1.54, 1.807) is 12.1 Å². The first-order valence-corrected chi connectivity index (χ1v) is 5.70. The fraction of sp³-hybridized carbons (Fsp3) is 0.143. The molecule has 92 valence electrons. The van der Waals surface area contributed by atoms with Crippen molar-refractivity contribution >= 4 is 5.97 Å². The molecule has 0 aliphatic rings. The monoisotopic (exact) mass is 242 g/mol. The Morgan fingerprint density at radius 3 is 2.56 bits per heavy atom. The molecule has 1 aromatic heterocycles. The number of hydrogen-bond donors (Lipinski definition) is 1. The van der Waals surface area contributed by atoms with Crippen LogP contribution in [0.25, 0.3) is 11.3 Å². The van der Waals surface area contributed by atoms with Crippen LogP contribution in [-0.4, -0.2) is 24.1 Å². The number of ether oxygens (including phenoxy) is 1. The normalized spacial score (nSPS) is 10.1. The molecular weight excluding hydrogens is 228 g/mol. The van der Waals surface area contributed by atoms with Crippen molar-refractivity contribution in [2.75, 3.05) is 13.2 Å². The molecule has 4 nitrogen and oxygen atoms in total. The first-order chi connectivity index (χ1) is 8.81. The highest BCUT2D eigenvalue weighted by Crippen LogP contribution is 2.16. The van der Waals surface area contributed by atoms with Gasteiger partial charge < -0.3 is 10.5 Å². The van der Waals surface area contributed by atoms with Crippen LogP contribution >= 0.6 is 0 Å². The molecule has 2 aromatic rings. The molecule has 0 aliphatic carbocycles. The molecule has 0 radical (unpaired) electrons. The average molecular weight is 242 g/mol. The predicted octanol–water partition coefficient (Wildman–Crippen LogP) is 1.86. The summed E-state index contributed by atoms with van der Waals surface area (Å²) in [4.78, 5) is 15.8. The molecule has 0 spiro atoms. The zero-order chi connectivity index (χ0) is 12.8. The smallest absolute Gasteiger partial charge is 0.339 e. The largest absolute Gasteiger partial charge is 0.461 e. The van der Waals surface area contributed by atoms with Crippen molar-refractivity contribution in [2.24, 2.45) is 5.73 Å². The van der Waals surface area contributed by atoms with Crippen LogP contribution in [0, 0.1) is 0 Å². The van der Waals surface area contributed by atoms with Gasteiger partial charge in [-0.3, -0.25) is 4.98 Å². The molecule has 4 heteroatoms. The Bertz CT molecular complexity index is 509. The lowest BCUT2D eigenvalue weighted by atomic mass is 10.1. The van der Waals surface area contributed by atoms with E-state index < -0.39 is 5.97 Å². The Balaban J connectivity index is 2.13. The molecule has 0 unspecified atom stereocenters. The second-order valence-corrected chi connectivity index (χ2v) is 3.72. The quantitative estimate of drug-likeness (QED) is 0.831. The molecule has 1 aromatic carbocycles. The molecule has 0 saturated carbocycles. The van der Waals surface area contributed by atoms with Crippen LogP contribution in [-0.2, 0) is 4.74 Å². The number of carbonyl (C=O) groups is 1. The van der Waals surface area contributed by atoms with Crippen molar-refractivity contribution in [2.45, 2.75) is 0 Å². The fourth-order valence-corrected chi connectivity index (χ4v) is 1.53. The summed E-state index contributed by atoms with van der Waals surface area (Å²) in [6, 6.07) is 13.3. The maximum Gasteiger partial charge on any atom is 0.339 e. The Labute approximate surface area is 105 Å². The van der Waals surface area contributed by atoms with E-state index in [0.29, 0.717) is 12.1 Å². The van der Waals surface area contributed by atoms with Gasteiger partial charge in [-0.15, -0.1) is 0 Å². The third kappa shape index (κ3) is 2.93. The summed E-state index contributed by atoms with van der Waals surface area (Å²) < 4.78 is 4.92. The number of aromatic nitrogens is 1. The zero-order valence-electron chi connectivity index (χ0n) is 9.87. The maximum absolute atomic E-state index is 11.5. The van der Waals surface area contributed by atoms with Crippen LogP contribution in [0.2, 0.25) is 0 Å². The molecule has 0 fully saturated rings. The van der Waals surface area contributed by atoms with E-state index in [2.05, 4.69) is 4.98 Å². The van der Waals surface area contributed by atoms with Crippen LogP contribution in [0.4, 0.5) is 0 Å². The van der Waals surface area contributed by atoms with Crippen molar-refractivity contribution in [3.8, 4) is 11.3 Å². The zero-order valence-corrected chi connectivity index (χ0v) is 9.87. The Hall–Kier alpha value is -2.20. The summed E-state index contributed by atoms with van der Waals surface area (Å²) in [5.41, 5.74) is 7.53. The minimum atomic E-state index is -0.396. The third-order valence-corrected chi connectivity index (χ3v) is 2.42. The van der Waals surface area contributed by atoms with Crippen LogP contribution < -0.4 is 5.73 Å². The summed E-state index contributed by atoms with van der Waals surface area (Å²) >= 11 is 0. The van der Waals surface area contributed by atoms with Crippen molar-refractivity contribution in [1.29, 1.82) is 0 Å². The highest BCUT2D eigenvalue weighted by Gasteiger charge is 2.07. The summed E-state index contributed by atoms with van der Waals surface area (Å²) in [5, 5.41) is 0. The summed E-state index contributed by atoms with van der Waals surface area (Å²) in [7, 11) is 0. The second-order valence-electron chi connectivity index (χ2n) is 3.72. The van der Waals surface area contributed by atoms with Crippen LogP contribution in [0.5, 0.6) is 0 Å². The van der Waals surface area contributed by atoms with E-state index in [9.17, 15) is 4.79 Å². The number of esters is 1. The van der Waals surface area contributed by atoms with Gasteiger partial charge >= 0.3 is 5.97 Å². The van der Waals surface area contributed by atoms with Crippen molar-refractivity contribution in [3.63, 3.8) is 0 Å². The average Bonchev–Trinajstić information content (AvgIpc) is 2.46. The lowest BCUT2D eigenvalue weighted by Gasteiger charge is -2.04. The lowest BCUT2D eigenvalue weighted by molar-refractivity contribution is 0.0516. The van der Waals surface area contributed by atoms with Crippen LogP contribution in [0.1, 0.15) is 10.4 Å². The van der Waals surface area contributed by atoms with E-state index in [-0.39, 0.29) is 6.61 Å². The van der Waals surface area contributed by atoms with Gasteiger partial charge in [0.25, 0.3) is 0 Å². The van der Waals surface area contributed by atoms with Gasteiger partial charge in [-0.1, -0.05) is 30.3 Å². The van der Waals surface area contributed by atoms with Gasteiger partial charge in [0.1, 0.15) is 6.61 Å². The maximum atomic E-state index is 11.5. The van der Waals surface area contributed by atoms with Gasteiger partial charge in [0.15, 0.2) is 0 Å². The summed E-state index contributed by atoms with van der Waals surface area (Å²) in [6.45, 7) is 0.542. The summed E-state index contributed by atoms with van der Waals surface area (Å²) in [6.07, 6.45) is 1.52. The van der Waals surface area contributed by atoms with Crippen LogP contribution in [0.15, 0.2) is 48.7 Å². The molecule has 18 heavy (non-hydrogen) atoms. The number of rotatable bonds is 4. The Kier molecular flexibility index (Phi) is 4.04. The Morgan fingerprint density at radius 1 is 1.17 bits per heavy atom. The van der Waals surface area contributed by atoms with E-state index >= 15 is 0 Å². The van der Waals surface area contributed by atoms with Gasteiger partial charge in [0.2, 0.25) is 0 Å². The van der Waals surface area contributed by atoms with Gasteiger partial charge in [-0.25, -0.2) is 4.79 Å². The Morgan fingerprint density at radius 2 is 1.94 bits per heavy atom. The lowest BCUT2D eigenvalue weighted by Crippen LogP contribution is -2.13. The van der Waals surface area contributed by atoms with Crippen molar-refractivity contribution in [1.82, 2.24) is 4.98 Å². The van der Waals surface area contributed by atoms with E-state index in [1.807, 2.05) is 30.3 Å². The molecule has 2 N–H and O–H groups in total. The predicted molar refractivity (Wildman–Crippen MR) is 69.0 cm³/mol. The van der Waals surface area contributed by atoms with Gasteiger partial charge in [-0.2, -0.15) is 0 Å². The number of nitrogens with two attached hydrogens (primary N) is 1. The first kappa shape index (κ1) is 12.3. The minimum Gasteiger partial charge on any atom is -0.461 e. The highest BCUT2D eigenvalue weighted by atomic mass is 16.5. The van der Waals surface area contributed by atoms with Crippen LogP contribution in [0.3, 0.4) is 0 Å². The van der Waals surface area contributed by atoms with Crippen molar-refractivity contribution in [3.05, 3.63) is 54.2 Å². The molecule has 2 rings (SSSR count). The topological polar surface area (TPSA) is 65.2 Å². The standard InChI is InChI=1S/C14H14N2O2/c15-8-9-18-14(17)12-6-7-13(16-10-12)11-4-2-1-3-5-11/h1-7,10H,8-9,15H2.